The van der Waals surface area contributed by atoms with E-state index < -0.39 is 0 Å². The van der Waals surface area contributed by atoms with Gasteiger partial charge in [-0.25, -0.2) is 9.97 Å². The number of rotatable bonds is 3. The molecule has 0 aromatic carbocycles. The summed E-state index contributed by atoms with van der Waals surface area (Å²) < 4.78 is 0. The highest BCUT2D eigenvalue weighted by Crippen LogP contribution is 2.45. The Bertz CT molecular complexity index is 373. The molecule has 1 aromatic heterocycles. The van der Waals surface area contributed by atoms with Crippen LogP contribution in [-0.2, 0) is 4.79 Å². The highest BCUT2D eigenvalue weighted by molar-refractivity contribution is 5.95. The van der Waals surface area contributed by atoms with Crippen molar-refractivity contribution in [2.45, 2.75) is 19.8 Å². The fourth-order valence-electron chi connectivity index (χ4n) is 2.35. The van der Waals surface area contributed by atoms with Gasteiger partial charge in [-0.05, 0) is 18.8 Å². The van der Waals surface area contributed by atoms with Crippen LogP contribution in [0.4, 0.5) is 5.69 Å². The minimum absolute atomic E-state index is 0.0112. The molecule has 1 saturated carbocycles. The van der Waals surface area contributed by atoms with Gasteiger partial charge in [0.25, 0.3) is 0 Å². The van der Waals surface area contributed by atoms with Crippen molar-refractivity contribution in [2.75, 3.05) is 11.9 Å². The Hall–Kier alpha value is -1.49. The molecule has 0 unspecified atom stereocenters. The summed E-state index contributed by atoms with van der Waals surface area (Å²) in [5.74, 6) is 0.573. The van der Waals surface area contributed by atoms with Crippen LogP contribution in [0.2, 0.25) is 0 Å². The number of amides is 1. The van der Waals surface area contributed by atoms with E-state index in [1.165, 1.54) is 6.33 Å². The van der Waals surface area contributed by atoms with E-state index in [1.807, 2.05) is 0 Å². The Morgan fingerprint density at radius 3 is 2.69 bits per heavy atom. The molecule has 1 aromatic rings. The van der Waals surface area contributed by atoms with Gasteiger partial charge < -0.3 is 11.1 Å². The number of nitrogens with one attached hydrogen (secondary N) is 1. The van der Waals surface area contributed by atoms with Crippen molar-refractivity contribution in [2.24, 2.45) is 17.1 Å². The fourth-order valence-corrected chi connectivity index (χ4v) is 2.35. The SMILES string of the molecule is CC1CC(CN)(C(=O)Nc2cncnc2)C1. The van der Waals surface area contributed by atoms with Crippen molar-refractivity contribution in [1.82, 2.24) is 9.97 Å². The summed E-state index contributed by atoms with van der Waals surface area (Å²) in [6.45, 7) is 2.53. The third-order valence-corrected chi connectivity index (χ3v) is 3.17. The van der Waals surface area contributed by atoms with Gasteiger partial charge in [0.05, 0.1) is 23.5 Å². The first-order valence-corrected chi connectivity index (χ1v) is 5.43. The lowest BCUT2D eigenvalue weighted by Gasteiger charge is -2.44. The van der Waals surface area contributed by atoms with Gasteiger partial charge in [0.15, 0.2) is 0 Å². The number of nitrogens with two attached hydrogens (primary N) is 1. The Balaban J connectivity index is 2.03. The van der Waals surface area contributed by atoms with Gasteiger partial charge in [-0.3, -0.25) is 4.79 Å². The van der Waals surface area contributed by atoms with Crippen LogP contribution in [0.25, 0.3) is 0 Å². The van der Waals surface area contributed by atoms with Gasteiger partial charge in [-0.2, -0.15) is 0 Å². The average Bonchev–Trinajstić information content (AvgIpc) is 2.25. The Kier molecular flexibility index (Phi) is 2.87. The van der Waals surface area contributed by atoms with Crippen molar-refractivity contribution in [1.29, 1.82) is 0 Å². The molecule has 0 bridgehead atoms. The Morgan fingerprint density at radius 1 is 1.56 bits per heavy atom. The van der Waals surface area contributed by atoms with Crippen LogP contribution >= 0.6 is 0 Å². The van der Waals surface area contributed by atoms with Gasteiger partial charge >= 0.3 is 0 Å². The van der Waals surface area contributed by atoms with Crippen LogP contribution in [0, 0.1) is 11.3 Å². The molecule has 1 amide bonds. The Labute approximate surface area is 94.5 Å². The van der Waals surface area contributed by atoms with E-state index in [0.29, 0.717) is 18.2 Å². The van der Waals surface area contributed by atoms with Crippen LogP contribution in [0.3, 0.4) is 0 Å². The number of nitrogens with zero attached hydrogens (tertiary/aromatic N) is 2. The van der Waals surface area contributed by atoms with Crippen molar-refractivity contribution < 1.29 is 4.79 Å². The van der Waals surface area contributed by atoms with Gasteiger partial charge in [0, 0.05) is 6.54 Å². The fraction of sp³-hybridized carbons (Fsp3) is 0.545. The number of anilines is 1. The first kappa shape index (κ1) is 11.0. The molecular formula is C11H16N4O. The highest BCUT2D eigenvalue weighted by Gasteiger charge is 2.47. The lowest BCUT2D eigenvalue weighted by atomic mass is 9.62. The first-order valence-electron chi connectivity index (χ1n) is 5.43. The van der Waals surface area contributed by atoms with E-state index in [9.17, 15) is 4.79 Å². The van der Waals surface area contributed by atoms with Crippen LogP contribution < -0.4 is 11.1 Å². The summed E-state index contributed by atoms with van der Waals surface area (Å²) in [5.41, 5.74) is 5.94. The van der Waals surface area contributed by atoms with Crippen molar-refractivity contribution in [3.63, 3.8) is 0 Å². The molecule has 5 heteroatoms. The molecule has 5 nitrogen and oxygen atoms in total. The van der Waals surface area contributed by atoms with E-state index in [2.05, 4.69) is 22.2 Å². The van der Waals surface area contributed by atoms with Crippen LogP contribution in [0.15, 0.2) is 18.7 Å². The maximum absolute atomic E-state index is 12.0. The standard InChI is InChI=1S/C11H16N4O/c1-8-2-11(3-8,6-12)10(16)15-9-4-13-7-14-5-9/h4-5,7-8H,2-3,6,12H2,1H3,(H,15,16). The van der Waals surface area contributed by atoms with E-state index in [0.717, 1.165) is 12.8 Å². The summed E-state index contributed by atoms with van der Waals surface area (Å²) in [4.78, 5) is 19.7. The third-order valence-electron chi connectivity index (χ3n) is 3.17. The second-order valence-corrected chi connectivity index (χ2v) is 4.58. The molecule has 0 radical (unpaired) electrons. The average molecular weight is 220 g/mol. The monoisotopic (exact) mass is 220 g/mol. The minimum Gasteiger partial charge on any atom is -0.329 e. The zero-order valence-corrected chi connectivity index (χ0v) is 9.31. The van der Waals surface area contributed by atoms with Crippen LogP contribution in [-0.4, -0.2) is 22.4 Å². The first-order chi connectivity index (χ1) is 7.66. The molecule has 0 aliphatic heterocycles. The molecule has 2 rings (SSSR count). The van der Waals surface area contributed by atoms with E-state index in [1.54, 1.807) is 12.4 Å². The highest BCUT2D eigenvalue weighted by atomic mass is 16.2. The summed E-state index contributed by atoms with van der Waals surface area (Å²) in [5, 5.41) is 2.81. The van der Waals surface area contributed by atoms with Crippen molar-refractivity contribution >= 4 is 11.6 Å². The number of carbonyl (C=O) groups is 1. The lowest BCUT2D eigenvalue weighted by molar-refractivity contribution is -0.132. The maximum atomic E-state index is 12.0. The van der Waals surface area contributed by atoms with Crippen LogP contribution in [0.5, 0.6) is 0 Å². The molecular weight excluding hydrogens is 204 g/mol. The second kappa shape index (κ2) is 4.17. The summed E-state index contributed by atoms with van der Waals surface area (Å²) >= 11 is 0. The molecule has 3 N–H and O–H groups in total. The molecule has 16 heavy (non-hydrogen) atoms. The van der Waals surface area contributed by atoms with Gasteiger partial charge in [0.1, 0.15) is 6.33 Å². The predicted molar refractivity (Wildman–Crippen MR) is 60.5 cm³/mol. The summed E-state index contributed by atoms with van der Waals surface area (Å²) in [6, 6.07) is 0. The maximum Gasteiger partial charge on any atom is 0.231 e. The number of carbonyl (C=O) groups excluding carboxylic acids is 1. The minimum atomic E-state index is -0.380. The molecule has 0 saturated heterocycles. The zero-order valence-electron chi connectivity index (χ0n) is 9.31. The van der Waals surface area contributed by atoms with Crippen molar-refractivity contribution in [3.05, 3.63) is 18.7 Å². The summed E-state index contributed by atoms with van der Waals surface area (Å²) in [7, 11) is 0. The number of hydrogen-bond donors (Lipinski definition) is 2. The largest absolute Gasteiger partial charge is 0.329 e. The molecule has 1 aliphatic rings. The predicted octanol–water partition coefficient (Wildman–Crippen LogP) is 0.790. The normalized spacial score (nSPS) is 28.2. The van der Waals surface area contributed by atoms with Crippen molar-refractivity contribution in [3.8, 4) is 0 Å². The topological polar surface area (TPSA) is 80.9 Å². The molecule has 1 heterocycles. The molecule has 0 spiro atoms. The lowest BCUT2D eigenvalue weighted by Crippen LogP contribution is -2.51. The molecule has 1 fully saturated rings. The molecule has 0 atom stereocenters. The molecule has 86 valence electrons. The van der Waals surface area contributed by atoms with Gasteiger partial charge in [-0.1, -0.05) is 6.92 Å². The number of aromatic nitrogens is 2. The van der Waals surface area contributed by atoms with E-state index >= 15 is 0 Å². The quantitative estimate of drug-likeness (QED) is 0.789. The van der Waals surface area contributed by atoms with Gasteiger partial charge in [-0.15, -0.1) is 0 Å². The van der Waals surface area contributed by atoms with Gasteiger partial charge in [0.2, 0.25) is 5.91 Å². The zero-order chi connectivity index (χ0) is 11.6. The van der Waals surface area contributed by atoms with E-state index in [-0.39, 0.29) is 11.3 Å². The second-order valence-electron chi connectivity index (χ2n) is 4.58. The number of hydrogen-bond acceptors (Lipinski definition) is 4. The molecule has 1 aliphatic carbocycles. The smallest absolute Gasteiger partial charge is 0.231 e. The Morgan fingerprint density at radius 2 is 2.19 bits per heavy atom. The summed E-state index contributed by atoms with van der Waals surface area (Å²) in [6.07, 6.45) is 6.32. The van der Waals surface area contributed by atoms with Crippen LogP contribution in [0.1, 0.15) is 19.8 Å². The third kappa shape index (κ3) is 1.90. The van der Waals surface area contributed by atoms with E-state index in [4.69, 9.17) is 5.73 Å².